The Morgan fingerprint density at radius 3 is 1.50 bits per heavy atom. The predicted octanol–water partition coefficient (Wildman–Crippen LogP) is -2.79. The van der Waals surface area contributed by atoms with Gasteiger partial charge in [-0.1, -0.05) is 34.6 Å². The normalized spacial score (nSPS) is 13.8. The molecular weight excluding hydrogens is 949 g/mol. The molecule has 13 N–H and O–H groups in total. The van der Waals surface area contributed by atoms with Crippen LogP contribution in [0.2, 0.25) is 0 Å². The van der Waals surface area contributed by atoms with Gasteiger partial charge in [0.25, 0.3) is 0 Å². The van der Waals surface area contributed by atoms with E-state index < -0.39 is 133 Å². The Labute approximate surface area is 419 Å². The fourth-order valence-corrected chi connectivity index (χ4v) is 6.24. The van der Waals surface area contributed by atoms with Gasteiger partial charge in [0.1, 0.15) is 48.9 Å². The highest BCUT2D eigenvalue weighted by Gasteiger charge is 2.34. The smallest absolute Gasteiger partial charge is 0.303 e. The molecule has 0 aliphatic heterocycles. The van der Waals surface area contributed by atoms with Crippen LogP contribution in [0.25, 0.3) is 0 Å². The van der Waals surface area contributed by atoms with Gasteiger partial charge in [0.2, 0.25) is 59.1 Å². The SMILES string of the molecule is C#CCCC(=O)NCCOCCOCC(=O)NCCCC[C@H](NC(=O)[C@H](CCC(=O)O)NC(=O)[C@H](CCC(=O)O)NC(=O)[C@H](C)NC(=O)[C@H](C)NC(=O)[C@@H](NC(=O)[C@@H](NC(=O)CC)C(C)C)C(C)C)C(N)=O. The number of hydrogen-bond acceptors (Lipinski definition) is 14. The number of carboxylic acids is 2. The lowest BCUT2D eigenvalue weighted by Gasteiger charge is -2.28. The van der Waals surface area contributed by atoms with Gasteiger partial charge in [-0.2, -0.15) is 0 Å². The van der Waals surface area contributed by atoms with Crippen LogP contribution >= 0.6 is 0 Å². The van der Waals surface area contributed by atoms with Crippen LogP contribution in [0.3, 0.4) is 0 Å². The Balaban J connectivity index is 5.49. The van der Waals surface area contributed by atoms with Crippen LogP contribution in [-0.2, 0) is 67.0 Å². The van der Waals surface area contributed by atoms with Gasteiger partial charge in [0.15, 0.2) is 0 Å². The summed E-state index contributed by atoms with van der Waals surface area (Å²) >= 11 is 0. The first-order valence-corrected chi connectivity index (χ1v) is 23.8. The second-order valence-corrected chi connectivity index (χ2v) is 17.3. The monoisotopic (exact) mass is 1020 g/mol. The van der Waals surface area contributed by atoms with Gasteiger partial charge in [0, 0.05) is 45.2 Å². The van der Waals surface area contributed by atoms with Crippen molar-refractivity contribution in [1.82, 2.24) is 47.9 Å². The molecule has 0 aromatic rings. The molecule has 0 unspecified atom stereocenters. The second-order valence-electron chi connectivity index (χ2n) is 17.3. The maximum Gasteiger partial charge on any atom is 0.303 e. The third kappa shape index (κ3) is 28.7. The van der Waals surface area contributed by atoms with Crippen molar-refractivity contribution < 1.29 is 77.2 Å². The topological polar surface area (TPSA) is 398 Å². The molecule has 0 heterocycles. The zero-order chi connectivity index (χ0) is 54.9. The molecule has 10 amide bonds. The first-order valence-electron chi connectivity index (χ1n) is 23.8. The zero-order valence-electron chi connectivity index (χ0n) is 42.3. The summed E-state index contributed by atoms with van der Waals surface area (Å²) in [6.07, 6.45) is 4.05. The number of nitrogens with two attached hydrogens (primary N) is 1. The lowest BCUT2D eigenvalue weighted by Crippen LogP contribution is -2.60. The van der Waals surface area contributed by atoms with Gasteiger partial charge in [-0.3, -0.25) is 57.5 Å². The summed E-state index contributed by atoms with van der Waals surface area (Å²) in [6, 6.07) is -9.32. The number of carbonyl (C=O) groups is 12. The number of aliphatic carboxylic acids is 2. The van der Waals surface area contributed by atoms with Crippen LogP contribution in [0.15, 0.2) is 0 Å². The lowest BCUT2D eigenvalue weighted by atomic mass is 9.99. The predicted molar refractivity (Wildman–Crippen MR) is 257 cm³/mol. The van der Waals surface area contributed by atoms with Crippen LogP contribution in [0.4, 0.5) is 0 Å². The molecule has 0 fully saturated rings. The van der Waals surface area contributed by atoms with Crippen molar-refractivity contribution in [2.45, 2.75) is 155 Å². The molecule has 406 valence electrons. The van der Waals surface area contributed by atoms with E-state index >= 15 is 0 Å². The molecule has 26 nitrogen and oxygen atoms in total. The zero-order valence-corrected chi connectivity index (χ0v) is 42.3. The summed E-state index contributed by atoms with van der Waals surface area (Å²) in [6.45, 7) is 11.6. The number of carbonyl (C=O) groups excluding carboxylic acids is 10. The molecule has 0 radical (unpaired) electrons. The largest absolute Gasteiger partial charge is 0.481 e. The molecule has 72 heavy (non-hydrogen) atoms. The summed E-state index contributed by atoms with van der Waals surface area (Å²) in [5.74, 6) is -8.41. The number of ether oxygens (including phenoxy) is 2. The molecule has 0 bridgehead atoms. The van der Waals surface area contributed by atoms with Crippen molar-refractivity contribution in [3.05, 3.63) is 0 Å². The van der Waals surface area contributed by atoms with Crippen molar-refractivity contribution in [2.75, 3.05) is 39.5 Å². The van der Waals surface area contributed by atoms with Crippen molar-refractivity contribution in [3.8, 4) is 12.3 Å². The van der Waals surface area contributed by atoms with E-state index in [-0.39, 0.29) is 82.9 Å². The van der Waals surface area contributed by atoms with Gasteiger partial charge in [-0.25, -0.2) is 0 Å². The van der Waals surface area contributed by atoms with E-state index in [1.807, 2.05) is 0 Å². The summed E-state index contributed by atoms with van der Waals surface area (Å²) in [5.41, 5.74) is 5.53. The van der Waals surface area contributed by atoms with E-state index in [0.29, 0.717) is 12.8 Å². The van der Waals surface area contributed by atoms with E-state index in [2.05, 4.69) is 53.8 Å². The van der Waals surface area contributed by atoms with E-state index in [9.17, 15) is 67.7 Å². The third-order valence-corrected chi connectivity index (χ3v) is 10.5. The lowest BCUT2D eigenvalue weighted by molar-refractivity contribution is -0.140. The first-order chi connectivity index (χ1) is 33.8. The average Bonchev–Trinajstić information content (AvgIpc) is 3.30. The molecule has 0 saturated carbocycles. The quantitative estimate of drug-likeness (QED) is 0.0220. The van der Waals surface area contributed by atoms with Gasteiger partial charge >= 0.3 is 11.9 Å². The average molecular weight is 1030 g/mol. The van der Waals surface area contributed by atoms with Gasteiger partial charge in [-0.05, 0) is 57.8 Å². The van der Waals surface area contributed by atoms with Crippen molar-refractivity contribution in [1.29, 1.82) is 0 Å². The van der Waals surface area contributed by atoms with Crippen LogP contribution < -0.4 is 53.6 Å². The summed E-state index contributed by atoms with van der Waals surface area (Å²) in [5, 5.41) is 41.1. The molecule has 0 aromatic carbocycles. The van der Waals surface area contributed by atoms with E-state index in [0.717, 1.165) is 0 Å². The van der Waals surface area contributed by atoms with Crippen molar-refractivity contribution in [2.24, 2.45) is 17.6 Å². The Morgan fingerprint density at radius 2 is 0.986 bits per heavy atom. The van der Waals surface area contributed by atoms with Crippen LogP contribution in [-0.4, -0.2) is 163 Å². The van der Waals surface area contributed by atoms with Gasteiger partial charge in [-0.15, -0.1) is 12.3 Å². The van der Waals surface area contributed by atoms with Crippen LogP contribution in [0, 0.1) is 24.2 Å². The highest BCUT2D eigenvalue weighted by atomic mass is 16.5. The first kappa shape index (κ1) is 65.1. The van der Waals surface area contributed by atoms with Crippen molar-refractivity contribution >= 4 is 71.0 Å². The second kappa shape index (κ2) is 36.1. The molecule has 0 spiro atoms. The maximum atomic E-state index is 13.6. The van der Waals surface area contributed by atoms with E-state index in [4.69, 9.17) is 21.6 Å². The maximum absolute atomic E-state index is 13.6. The molecule has 0 aliphatic carbocycles. The Bertz CT molecular complexity index is 1890. The minimum atomic E-state index is -1.64. The molecule has 7 atom stereocenters. The summed E-state index contributed by atoms with van der Waals surface area (Å²) in [7, 11) is 0. The minimum Gasteiger partial charge on any atom is -0.481 e. The summed E-state index contributed by atoms with van der Waals surface area (Å²) < 4.78 is 10.6. The van der Waals surface area contributed by atoms with Crippen LogP contribution in [0.1, 0.15) is 113 Å². The molecule has 0 aliphatic rings. The number of rotatable bonds is 38. The number of amides is 10. The number of unbranched alkanes of at least 4 members (excludes halogenated alkanes) is 1. The Hall–Kier alpha value is -6.88. The third-order valence-electron chi connectivity index (χ3n) is 10.5. The number of hydrogen-bond donors (Lipinski definition) is 12. The van der Waals surface area contributed by atoms with E-state index in [1.54, 1.807) is 34.6 Å². The Kier molecular flexibility index (Phi) is 32.7. The fraction of sp³-hybridized carbons (Fsp3) is 0.696. The van der Waals surface area contributed by atoms with Gasteiger partial charge in [0.05, 0.1) is 19.8 Å². The van der Waals surface area contributed by atoms with E-state index in [1.165, 1.54) is 13.8 Å². The minimum absolute atomic E-state index is 0.0223. The summed E-state index contributed by atoms with van der Waals surface area (Å²) in [4.78, 5) is 151. The fourth-order valence-electron chi connectivity index (χ4n) is 6.24. The molecular formula is C46H76N10O16. The highest BCUT2D eigenvalue weighted by molar-refractivity contribution is 5.97. The molecule has 0 aromatic heterocycles. The molecule has 0 rings (SSSR count). The molecule has 26 heteroatoms. The molecule has 0 saturated heterocycles. The van der Waals surface area contributed by atoms with Crippen LogP contribution in [0.5, 0.6) is 0 Å². The standard InChI is InChI=1S/C46H76N10O16/c1-9-11-15-34(58)49-21-22-71-23-24-72-25-35(59)48-20-13-12-14-30(40(47)64)52-43(67)32(17-19-37(62)63)54-44(68)31(16-18-36(60)61)53-42(66)29(8)50-41(65)28(7)51-45(69)39(27(5)6)56-46(70)38(26(3)4)55-33(57)10-2/h1,26-32,38-39H,10-25H2,2-8H3,(H2,47,64)(H,48,59)(H,49,58)(H,50,65)(H,51,69)(H,52,67)(H,53,66)(H,54,68)(H,55,57)(H,56,70)(H,60,61)(H,62,63)/t28-,29-,30-,31-,32-,38-,39-/m0/s1. The van der Waals surface area contributed by atoms with Crippen molar-refractivity contribution in [3.63, 3.8) is 0 Å². The number of nitrogens with one attached hydrogen (secondary N) is 9. The number of terminal acetylenes is 1. The highest BCUT2D eigenvalue weighted by Crippen LogP contribution is 2.09. The number of primary amides is 1. The number of carboxylic acid groups (broad SMARTS) is 2. The Morgan fingerprint density at radius 1 is 0.514 bits per heavy atom. The van der Waals surface area contributed by atoms with Gasteiger partial charge < -0.3 is 73.3 Å².